The maximum absolute atomic E-state index is 5.82. The van der Waals surface area contributed by atoms with Crippen molar-refractivity contribution in [2.75, 3.05) is 21.3 Å². The van der Waals surface area contributed by atoms with Gasteiger partial charge in [0.15, 0.2) is 0 Å². The van der Waals surface area contributed by atoms with Crippen molar-refractivity contribution in [2.24, 2.45) is 0 Å². The lowest BCUT2D eigenvalue weighted by Gasteiger charge is -2.48. The SMILES string of the molecule is CCC(P([Si](C)(C)C)[Si](C)(C)C)[Si](OC)(OC)OC. The highest BCUT2D eigenvalue weighted by atomic mass is 31.6. The molecular weight excluding hydrogens is 307 g/mol. The molecule has 0 saturated carbocycles. The molecule has 0 aromatic carbocycles. The number of rotatable bonds is 8. The first-order valence-corrected chi connectivity index (χ1v) is 18.8. The first-order chi connectivity index (χ1) is 8.50. The van der Waals surface area contributed by atoms with Gasteiger partial charge < -0.3 is 13.3 Å². The van der Waals surface area contributed by atoms with Crippen LogP contribution in [-0.2, 0) is 13.3 Å². The average molecular weight is 341 g/mol. The zero-order valence-electron chi connectivity index (χ0n) is 14.5. The van der Waals surface area contributed by atoms with Gasteiger partial charge in [-0.25, -0.2) is 0 Å². The predicted octanol–water partition coefficient (Wildman–Crippen LogP) is 4.33. The third-order valence-corrected chi connectivity index (χ3v) is 36.1. The molecule has 1 unspecified atom stereocenters. The zero-order valence-corrected chi connectivity index (χ0v) is 18.4. The fraction of sp³-hybridized carbons (Fsp3) is 1.00. The summed E-state index contributed by atoms with van der Waals surface area (Å²) in [6.07, 6.45) is 1.10. The molecule has 0 radical (unpaired) electrons. The summed E-state index contributed by atoms with van der Waals surface area (Å²) in [5, 5.41) is 0.487. The largest absolute Gasteiger partial charge is 0.507 e. The minimum Gasteiger partial charge on any atom is -0.376 e. The Labute approximate surface area is 124 Å². The van der Waals surface area contributed by atoms with Crippen molar-refractivity contribution < 1.29 is 13.3 Å². The molecule has 0 aromatic heterocycles. The van der Waals surface area contributed by atoms with E-state index in [1.807, 2.05) is 0 Å². The van der Waals surface area contributed by atoms with Crippen LogP contribution in [0.1, 0.15) is 13.3 Å². The summed E-state index contributed by atoms with van der Waals surface area (Å²) in [6.45, 7) is 17.3. The molecule has 0 heterocycles. The normalized spacial score (nSPS) is 15.9. The standard InChI is InChI=1S/C12H33O3PSi3/c1-11-12(19(13-2,14-3)15-4)16(17(5,6)7)18(8,9)10/h12H,11H2,1-10H3. The summed E-state index contributed by atoms with van der Waals surface area (Å²) in [7, 11) is 0.196. The van der Waals surface area contributed by atoms with Gasteiger partial charge in [-0.15, -0.1) is 7.02 Å². The molecule has 0 amide bonds. The van der Waals surface area contributed by atoms with Gasteiger partial charge in [-0.1, -0.05) is 46.2 Å². The summed E-state index contributed by atoms with van der Waals surface area (Å²) in [6, 6.07) is 0. The second kappa shape index (κ2) is 7.29. The molecule has 0 aliphatic rings. The van der Waals surface area contributed by atoms with Crippen molar-refractivity contribution in [1.82, 2.24) is 0 Å². The fourth-order valence-electron chi connectivity index (χ4n) is 3.19. The molecule has 0 rings (SSSR count). The number of hydrogen-bond acceptors (Lipinski definition) is 3. The lowest BCUT2D eigenvalue weighted by molar-refractivity contribution is 0.121. The van der Waals surface area contributed by atoms with Crippen molar-refractivity contribution >= 4 is 31.3 Å². The van der Waals surface area contributed by atoms with Gasteiger partial charge in [0, 0.05) is 26.6 Å². The molecule has 0 aromatic rings. The van der Waals surface area contributed by atoms with E-state index in [1.165, 1.54) is 0 Å². The molecule has 0 fully saturated rings. The van der Waals surface area contributed by atoms with E-state index in [2.05, 4.69) is 46.2 Å². The monoisotopic (exact) mass is 340 g/mol. The third kappa shape index (κ3) is 4.73. The minimum absolute atomic E-state index is 0.0472. The zero-order chi connectivity index (χ0) is 15.5. The Morgan fingerprint density at radius 1 is 0.789 bits per heavy atom. The first-order valence-electron chi connectivity index (χ1n) is 6.95. The van der Waals surface area contributed by atoms with Crippen LogP contribution in [0.3, 0.4) is 0 Å². The van der Waals surface area contributed by atoms with Crippen LogP contribution >= 0.6 is 7.02 Å². The van der Waals surface area contributed by atoms with Gasteiger partial charge in [0.1, 0.15) is 0 Å². The Bertz CT molecular complexity index is 250. The van der Waals surface area contributed by atoms with Crippen LogP contribution in [0.25, 0.3) is 0 Å². The molecule has 7 heteroatoms. The lowest BCUT2D eigenvalue weighted by atomic mass is 10.6. The summed E-state index contributed by atoms with van der Waals surface area (Å²) in [4.78, 5) is 0. The lowest BCUT2D eigenvalue weighted by Crippen LogP contribution is -2.57. The molecule has 0 bridgehead atoms. The maximum atomic E-state index is 5.82. The summed E-state index contributed by atoms with van der Waals surface area (Å²) < 4.78 is 17.4. The second-order valence-corrected chi connectivity index (χ2v) is 32.8. The van der Waals surface area contributed by atoms with Crippen molar-refractivity contribution in [3.63, 3.8) is 0 Å². The van der Waals surface area contributed by atoms with E-state index in [1.54, 1.807) is 21.3 Å². The van der Waals surface area contributed by atoms with E-state index in [-0.39, 0.29) is 7.02 Å². The van der Waals surface area contributed by atoms with Crippen LogP contribution in [0, 0.1) is 0 Å². The van der Waals surface area contributed by atoms with E-state index in [0.29, 0.717) is 5.28 Å². The van der Waals surface area contributed by atoms with Crippen LogP contribution in [0.15, 0.2) is 0 Å². The van der Waals surface area contributed by atoms with E-state index in [9.17, 15) is 0 Å². The average Bonchev–Trinajstić information content (AvgIpc) is 2.26. The molecule has 0 aliphatic carbocycles. The summed E-state index contributed by atoms with van der Waals surface area (Å²) >= 11 is 0. The fourth-order valence-corrected chi connectivity index (χ4v) is 52.1. The molecule has 19 heavy (non-hydrogen) atoms. The van der Waals surface area contributed by atoms with Gasteiger partial charge in [0.2, 0.25) is 0 Å². The van der Waals surface area contributed by atoms with Gasteiger partial charge >= 0.3 is 8.80 Å². The Kier molecular flexibility index (Phi) is 7.66. The van der Waals surface area contributed by atoms with Gasteiger partial charge in [0.25, 0.3) is 0 Å². The Hall–Kier alpha value is 0.961. The molecular formula is C12H33O3PSi3. The van der Waals surface area contributed by atoms with E-state index < -0.39 is 24.3 Å². The van der Waals surface area contributed by atoms with Gasteiger partial charge in [-0.05, 0) is 6.42 Å². The van der Waals surface area contributed by atoms with Crippen LogP contribution < -0.4 is 0 Å². The molecule has 0 aliphatic heterocycles. The van der Waals surface area contributed by atoms with Crippen molar-refractivity contribution in [1.29, 1.82) is 0 Å². The molecule has 116 valence electrons. The predicted molar refractivity (Wildman–Crippen MR) is 94.5 cm³/mol. The van der Waals surface area contributed by atoms with Gasteiger partial charge in [-0.2, -0.15) is 0 Å². The van der Waals surface area contributed by atoms with E-state index in [4.69, 9.17) is 13.3 Å². The Morgan fingerprint density at radius 2 is 1.11 bits per heavy atom. The van der Waals surface area contributed by atoms with Gasteiger partial charge in [0.05, 0.1) is 15.5 Å². The maximum Gasteiger partial charge on any atom is 0.507 e. The van der Waals surface area contributed by atoms with E-state index in [0.717, 1.165) is 6.42 Å². The first kappa shape index (κ1) is 20.0. The van der Waals surface area contributed by atoms with E-state index >= 15 is 0 Å². The van der Waals surface area contributed by atoms with Gasteiger partial charge in [-0.3, -0.25) is 0 Å². The van der Waals surface area contributed by atoms with Crippen molar-refractivity contribution in [3.8, 4) is 0 Å². The molecule has 3 nitrogen and oxygen atoms in total. The summed E-state index contributed by atoms with van der Waals surface area (Å²) in [5.41, 5.74) is 0. The summed E-state index contributed by atoms with van der Waals surface area (Å²) in [5.74, 6) is 0. The molecule has 1 atom stereocenters. The highest BCUT2D eigenvalue weighted by Gasteiger charge is 2.55. The molecule has 0 N–H and O–H groups in total. The number of hydrogen-bond donors (Lipinski definition) is 0. The Morgan fingerprint density at radius 3 is 1.26 bits per heavy atom. The smallest absolute Gasteiger partial charge is 0.376 e. The Balaban J connectivity index is 5.74. The van der Waals surface area contributed by atoms with Crippen molar-refractivity contribution in [3.05, 3.63) is 0 Å². The topological polar surface area (TPSA) is 27.7 Å². The van der Waals surface area contributed by atoms with Crippen LogP contribution in [0.2, 0.25) is 39.3 Å². The highest BCUT2D eigenvalue weighted by molar-refractivity contribution is 8.19. The molecule has 0 spiro atoms. The molecule has 0 saturated heterocycles. The van der Waals surface area contributed by atoms with Crippen molar-refractivity contribution in [2.45, 2.75) is 57.9 Å². The van der Waals surface area contributed by atoms with Crippen LogP contribution in [-0.4, -0.2) is 50.9 Å². The quantitative estimate of drug-likeness (QED) is 0.486. The van der Waals surface area contributed by atoms with Crippen LogP contribution in [0.5, 0.6) is 0 Å². The minimum atomic E-state index is -2.53. The second-order valence-electron chi connectivity index (χ2n) is 6.85. The highest BCUT2D eigenvalue weighted by Crippen LogP contribution is 2.61. The van der Waals surface area contributed by atoms with Crippen LogP contribution in [0.4, 0.5) is 0 Å². The third-order valence-electron chi connectivity index (χ3n) is 3.41.